The number of nitrogens with one attached hydrogen (secondary N) is 2. The number of urea groups is 1. The summed E-state index contributed by atoms with van der Waals surface area (Å²) in [5, 5.41) is 15.4. The molecule has 0 aromatic carbocycles. The third-order valence-corrected chi connectivity index (χ3v) is 8.86. The molecule has 3 rings (SSSR count). The molecule has 3 N–H and O–H groups in total. The van der Waals surface area contributed by atoms with Crippen molar-refractivity contribution in [2.45, 2.75) is 113 Å². The summed E-state index contributed by atoms with van der Waals surface area (Å²) < 4.78 is 5.92. The molecule has 11 heteroatoms. The summed E-state index contributed by atoms with van der Waals surface area (Å²) in [6, 6.07) is -0.641. The van der Waals surface area contributed by atoms with Gasteiger partial charge in [0.15, 0.2) is 5.13 Å². The maximum Gasteiger partial charge on any atom is 0.408 e. The zero-order valence-corrected chi connectivity index (χ0v) is 23.4. The zero-order valence-electron chi connectivity index (χ0n) is 21.7. The second-order valence-corrected chi connectivity index (χ2v) is 13.2. The number of hydrogen-bond donors (Lipinski definition) is 3. The first-order valence-corrected chi connectivity index (χ1v) is 14.7. The summed E-state index contributed by atoms with van der Waals surface area (Å²) in [6.07, 6.45) is 10.9. The molecule has 2 aliphatic rings. The maximum atomic E-state index is 13.4. The van der Waals surface area contributed by atoms with Gasteiger partial charge in [0.25, 0.3) is 0 Å². The molecule has 1 aromatic rings. The van der Waals surface area contributed by atoms with E-state index in [1.807, 2.05) is 0 Å². The number of rotatable bonds is 8. The van der Waals surface area contributed by atoms with E-state index in [4.69, 9.17) is 4.74 Å². The molecular weight excluding hydrogens is 500 g/mol. The number of thioether (sulfide) groups is 1. The van der Waals surface area contributed by atoms with Crippen LogP contribution in [0.2, 0.25) is 0 Å². The van der Waals surface area contributed by atoms with E-state index in [2.05, 4.69) is 27.4 Å². The summed E-state index contributed by atoms with van der Waals surface area (Å²) in [5.74, 6) is -0.315. The molecule has 0 saturated heterocycles. The zero-order chi connectivity index (χ0) is 26.3. The Morgan fingerprint density at radius 3 is 2.39 bits per heavy atom. The number of alkyl carbamates (subject to hydrolysis) is 1. The van der Waals surface area contributed by atoms with E-state index in [1.165, 1.54) is 29.5 Å². The lowest BCUT2D eigenvalue weighted by molar-refractivity contribution is -0.138. The van der Waals surface area contributed by atoms with Crippen LogP contribution in [0.25, 0.3) is 0 Å². The monoisotopic (exact) mass is 540 g/mol. The number of thiazole rings is 1. The van der Waals surface area contributed by atoms with E-state index in [-0.39, 0.29) is 23.9 Å². The van der Waals surface area contributed by atoms with Gasteiger partial charge in [-0.05, 0) is 65.2 Å². The van der Waals surface area contributed by atoms with E-state index >= 15 is 0 Å². The largest absolute Gasteiger partial charge is 0.480 e. The molecule has 2 fully saturated rings. The molecule has 2 saturated carbocycles. The molecule has 9 nitrogen and oxygen atoms in total. The van der Waals surface area contributed by atoms with Gasteiger partial charge in [-0.2, -0.15) is 0 Å². The Kier molecular flexibility index (Phi) is 10.3. The number of carboxylic acid groups (broad SMARTS) is 1. The first-order chi connectivity index (χ1) is 17.0. The third-order valence-electron chi connectivity index (χ3n) is 6.66. The van der Waals surface area contributed by atoms with Crippen LogP contribution in [0.4, 0.5) is 14.7 Å². The van der Waals surface area contributed by atoms with E-state index < -0.39 is 23.7 Å². The molecule has 202 valence electrons. The number of carbonyl (C=O) groups excluding carboxylic acids is 2. The molecule has 0 radical (unpaired) electrons. The van der Waals surface area contributed by atoms with E-state index in [0.29, 0.717) is 5.13 Å². The van der Waals surface area contributed by atoms with Gasteiger partial charge in [-0.15, -0.1) is 11.8 Å². The Morgan fingerprint density at radius 1 is 1.14 bits per heavy atom. The average Bonchev–Trinajstić information content (AvgIpc) is 3.24. The fraction of sp³-hybridized carbons (Fsp3) is 0.760. The molecule has 2 aliphatic carbocycles. The fourth-order valence-electron chi connectivity index (χ4n) is 4.84. The van der Waals surface area contributed by atoms with Crippen molar-refractivity contribution in [2.24, 2.45) is 5.92 Å². The van der Waals surface area contributed by atoms with Gasteiger partial charge in [0.2, 0.25) is 0 Å². The number of carbonyl (C=O) groups is 3. The van der Waals surface area contributed by atoms with Crippen molar-refractivity contribution in [3.8, 4) is 0 Å². The maximum absolute atomic E-state index is 13.4. The van der Waals surface area contributed by atoms with Crippen LogP contribution in [-0.4, -0.2) is 62.6 Å². The van der Waals surface area contributed by atoms with Gasteiger partial charge >= 0.3 is 18.1 Å². The molecule has 1 heterocycles. The van der Waals surface area contributed by atoms with E-state index in [0.717, 1.165) is 61.5 Å². The van der Waals surface area contributed by atoms with Gasteiger partial charge in [-0.3, -0.25) is 5.32 Å². The lowest BCUT2D eigenvalue weighted by Crippen LogP contribution is -2.51. The van der Waals surface area contributed by atoms with Crippen LogP contribution in [0, 0.1) is 5.92 Å². The van der Waals surface area contributed by atoms with Crippen LogP contribution in [-0.2, 0) is 9.53 Å². The Balaban J connectivity index is 1.58. The minimum Gasteiger partial charge on any atom is -0.480 e. The van der Waals surface area contributed by atoms with Crippen molar-refractivity contribution in [3.05, 3.63) is 6.20 Å². The van der Waals surface area contributed by atoms with Crippen LogP contribution in [0.3, 0.4) is 0 Å². The summed E-state index contributed by atoms with van der Waals surface area (Å²) >= 11 is 2.58. The van der Waals surface area contributed by atoms with E-state index in [9.17, 15) is 19.5 Å². The first kappa shape index (κ1) is 28.6. The highest BCUT2D eigenvalue weighted by Crippen LogP contribution is 2.34. The molecule has 36 heavy (non-hydrogen) atoms. The van der Waals surface area contributed by atoms with Crippen LogP contribution in [0.15, 0.2) is 10.4 Å². The molecular formula is C25H40N4O5S2. The van der Waals surface area contributed by atoms with Gasteiger partial charge in [-0.1, -0.05) is 37.5 Å². The van der Waals surface area contributed by atoms with Gasteiger partial charge in [0, 0.05) is 17.8 Å². The second kappa shape index (κ2) is 13.0. The number of amides is 3. The predicted octanol–water partition coefficient (Wildman–Crippen LogP) is 5.96. The first-order valence-electron chi connectivity index (χ1n) is 12.9. The molecule has 0 bridgehead atoms. The summed E-state index contributed by atoms with van der Waals surface area (Å²) in [7, 11) is 0. The van der Waals surface area contributed by atoms with Crippen LogP contribution < -0.4 is 10.6 Å². The Hall–Kier alpha value is -2.01. The minimum absolute atomic E-state index is 0.0812. The predicted molar refractivity (Wildman–Crippen MR) is 143 cm³/mol. The van der Waals surface area contributed by atoms with Crippen molar-refractivity contribution in [3.63, 3.8) is 0 Å². The quantitative estimate of drug-likeness (QED) is 0.348. The highest BCUT2D eigenvalue weighted by Gasteiger charge is 2.34. The SMILES string of the molecule is CC(C)(C)OC(=O)N[C@H](CSc1cnc(NC(=O)N(C2CCCCC2)[C@H]2CC[C@H](C)CC2)s1)C(=O)O. The molecule has 0 unspecified atom stereocenters. The molecule has 1 aromatic heterocycles. The topological polar surface area (TPSA) is 121 Å². The van der Waals surface area contributed by atoms with Gasteiger partial charge < -0.3 is 20.1 Å². The molecule has 1 atom stereocenters. The van der Waals surface area contributed by atoms with Gasteiger partial charge in [0.05, 0.1) is 10.4 Å². The second-order valence-electron chi connectivity index (χ2n) is 10.9. The lowest BCUT2D eigenvalue weighted by atomic mass is 9.84. The van der Waals surface area contributed by atoms with Gasteiger partial charge in [-0.25, -0.2) is 19.4 Å². The fourth-order valence-corrected chi connectivity index (χ4v) is 6.74. The van der Waals surface area contributed by atoms with Crippen molar-refractivity contribution >= 4 is 46.3 Å². The summed E-state index contributed by atoms with van der Waals surface area (Å²) in [4.78, 5) is 43.5. The summed E-state index contributed by atoms with van der Waals surface area (Å²) in [6.45, 7) is 7.44. The number of anilines is 1. The van der Waals surface area contributed by atoms with Gasteiger partial charge in [0.1, 0.15) is 11.6 Å². The average molecular weight is 541 g/mol. The molecule has 3 amide bonds. The Morgan fingerprint density at radius 2 is 1.78 bits per heavy atom. The van der Waals surface area contributed by atoms with Crippen molar-refractivity contribution in [1.29, 1.82) is 0 Å². The highest BCUT2D eigenvalue weighted by molar-refractivity contribution is 8.01. The molecule has 0 aliphatic heterocycles. The minimum atomic E-state index is -1.14. The van der Waals surface area contributed by atoms with E-state index in [1.54, 1.807) is 27.0 Å². The Bertz CT molecular complexity index is 889. The number of hydrogen-bond acceptors (Lipinski definition) is 7. The van der Waals surface area contributed by atoms with Crippen molar-refractivity contribution in [1.82, 2.24) is 15.2 Å². The van der Waals surface area contributed by atoms with Crippen molar-refractivity contribution < 1.29 is 24.2 Å². The normalized spacial score (nSPS) is 21.9. The van der Waals surface area contributed by atoms with Crippen LogP contribution in [0.5, 0.6) is 0 Å². The number of ether oxygens (including phenoxy) is 1. The standard InChI is InChI=1S/C25H40N4O5S2/c1-16-10-12-18(13-11-16)29(17-8-6-5-7-9-17)23(32)28-22-26-14-20(36-22)35-15-19(21(30)31)27-24(33)34-25(2,3)4/h14,16-19H,5-13,15H2,1-4H3,(H,27,33)(H,30,31)(H,26,28,32)/t16-,18-,19-/m1/s1. The number of carboxylic acids is 1. The molecule has 0 spiro atoms. The number of aromatic nitrogens is 1. The van der Waals surface area contributed by atoms with Crippen LogP contribution in [0.1, 0.15) is 85.5 Å². The number of aliphatic carboxylic acids is 1. The number of nitrogens with zero attached hydrogens (tertiary/aromatic N) is 2. The van der Waals surface area contributed by atoms with Crippen molar-refractivity contribution in [2.75, 3.05) is 11.1 Å². The summed E-state index contributed by atoms with van der Waals surface area (Å²) in [5.41, 5.74) is -0.716. The highest BCUT2D eigenvalue weighted by atomic mass is 32.2. The van der Waals surface area contributed by atoms with Crippen LogP contribution >= 0.6 is 23.1 Å². The lowest BCUT2D eigenvalue weighted by Gasteiger charge is -2.42. The smallest absolute Gasteiger partial charge is 0.408 e. The Labute approximate surface area is 222 Å². The third kappa shape index (κ3) is 8.83.